The molecule has 1 heterocycles. The van der Waals surface area contributed by atoms with Crippen molar-refractivity contribution in [1.29, 1.82) is 0 Å². The van der Waals surface area contributed by atoms with Crippen LogP contribution < -0.4 is 5.73 Å². The van der Waals surface area contributed by atoms with E-state index in [0.717, 1.165) is 6.42 Å². The summed E-state index contributed by atoms with van der Waals surface area (Å²) >= 11 is 0. The monoisotopic (exact) mass is 216 g/mol. The number of H-pyrrole nitrogens is 1. The average Bonchev–Trinajstić information content (AvgIpc) is 2.57. The van der Waals surface area contributed by atoms with Gasteiger partial charge in [-0.25, -0.2) is 0 Å². The number of nitrogens with one attached hydrogen (secondary N) is 1. The number of benzene rings is 1. The van der Waals surface area contributed by atoms with Gasteiger partial charge in [-0.2, -0.15) is 0 Å². The van der Waals surface area contributed by atoms with Gasteiger partial charge in [-0.3, -0.25) is 0 Å². The fourth-order valence-corrected chi connectivity index (χ4v) is 2.20. The van der Waals surface area contributed by atoms with Gasteiger partial charge in [-0.05, 0) is 30.5 Å². The maximum atomic E-state index is 5.82. The summed E-state index contributed by atoms with van der Waals surface area (Å²) < 4.78 is 0. The van der Waals surface area contributed by atoms with Crippen LogP contribution in [0.5, 0.6) is 0 Å². The van der Waals surface area contributed by atoms with Gasteiger partial charge in [0.1, 0.15) is 0 Å². The van der Waals surface area contributed by atoms with Crippen LogP contribution in [0.25, 0.3) is 10.9 Å². The third kappa shape index (κ3) is 2.12. The molecule has 2 heteroatoms. The van der Waals surface area contributed by atoms with Gasteiger partial charge in [-0.1, -0.05) is 26.0 Å². The molecule has 0 saturated heterocycles. The van der Waals surface area contributed by atoms with Crippen molar-refractivity contribution in [2.45, 2.75) is 39.2 Å². The zero-order valence-electron chi connectivity index (χ0n) is 10.2. The minimum atomic E-state index is 0.204. The highest BCUT2D eigenvalue weighted by Gasteiger charge is 2.08. The molecule has 1 unspecified atom stereocenters. The molecular formula is C14H20N2. The minimum Gasteiger partial charge on any atom is -0.358 e. The molecule has 0 aliphatic carbocycles. The van der Waals surface area contributed by atoms with Crippen molar-refractivity contribution < 1.29 is 0 Å². The highest BCUT2D eigenvalue weighted by atomic mass is 14.7. The molecular weight excluding hydrogens is 196 g/mol. The molecule has 0 spiro atoms. The minimum absolute atomic E-state index is 0.204. The van der Waals surface area contributed by atoms with Gasteiger partial charge in [0.15, 0.2) is 0 Å². The van der Waals surface area contributed by atoms with Crippen LogP contribution >= 0.6 is 0 Å². The Hall–Kier alpha value is -1.28. The number of nitrogens with two attached hydrogens (primary N) is 1. The van der Waals surface area contributed by atoms with Crippen molar-refractivity contribution in [3.63, 3.8) is 0 Å². The van der Waals surface area contributed by atoms with E-state index < -0.39 is 0 Å². The molecule has 1 aromatic carbocycles. The van der Waals surface area contributed by atoms with Gasteiger partial charge in [0.25, 0.3) is 0 Å². The molecule has 86 valence electrons. The van der Waals surface area contributed by atoms with Crippen LogP contribution in [0.2, 0.25) is 0 Å². The molecule has 0 saturated carbocycles. The first-order chi connectivity index (χ1) is 7.58. The first-order valence-corrected chi connectivity index (χ1v) is 5.94. The molecule has 2 rings (SSSR count). The smallest absolute Gasteiger partial charge is 0.0458 e. The Balaban J connectivity index is 2.48. The number of hydrogen-bond acceptors (Lipinski definition) is 1. The number of hydrogen-bond donors (Lipinski definition) is 2. The third-order valence-corrected chi connectivity index (χ3v) is 2.92. The molecule has 0 radical (unpaired) electrons. The van der Waals surface area contributed by atoms with E-state index >= 15 is 0 Å². The molecule has 1 atom stereocenters. The van der Waals surface area contributed by atoms with Crippen molar-refractivity contribution in [3.8, 4) is 0 Å². The third-order valence-electron chi connectivity index (χ3n) is 2.92. The van der Waals surface area contributed by atoms with Gasteiger partial charge >= 0.3 is 0 Å². The summed E-state index contributed by atoms with van der Waals surface area (Å²) in [5, 5.41) is 1.34. The molecule has 2 nitrogen and oxygen atoms in total. The lowest BCUT2D eigenvalue weighted by Crippen LogP contribution is -2.17. The highest BCUT2D eigenvalue weighted by Crippen LogP contribution is 2.26. The normalized spacial score (nSPS) is 13.6. The van der Waals surface area contributed by atoms with E-state index in [4.69, 9.17) is 5.73 Å². The lowest BCUT2D eigenvalue weighted by molar-refractivity contribution is 0.727. The van der Waals surface area contributed by atoms with Crippen LogP contribution in [0.4, 0.5) is 0 Å². The SMILES string of the molecule is CC(N)Cc1cc2c(C(C)C)cccc2[nH]1. The van der Waals surface area contributed by atoms with Gasteiger partial charge < -0.3 is 10.7 Å². The first kappa shape index (κ1) is 11.2. The quantitative estimate of drug-likeness (QED) is 0.813. The summed E-state index contributed by atoms with van der Waals surface area (Å²) in [6.45, 7) is 6.49. The van der Waals surface area contributed by atoms with E-state index in [-0.39, 0.29) is 6.04 Å². The zero-order valence-corrected chi connectivity index (χ0v) is 10.2. The Morgan fingerprint density at radius 3 is 2.62 bits per heavy atom. The number of aromatic amines is 1. The molecule has 0 aliphatic rings. The van der Waals surface area contributed by atoms with Crippen LogP contribution in [0.1, 0.15) is 37.9 Å². The van der Waals surface area contributed by atoms with Crippen LogP contribution in [0, 0.1) is 0 Å². The summed E-state index contributed by atoms with van der Waals surface area (Å²) in [7, 11) is 0. The van der Waals surface area contributed by atoms with E-state index in [0.29, 0.717) is 5.92 Å². The second-order valence-electron chi connectivity index (χ2n) is 4.94. The van der Waals surface area contributed by atoms with Crippen molar-refractivity contribution in [1.82, 2.24) is 4.98 Å². The standard InChI is InChI=1S/C14H20N2/c1-9(2)12-5-4-6-14-13(12)8-11(16-14)7-10(3)15/h4-6,8-10,16H,7,15H2,1-3H3. The van der Waals surface area contributed by atoms with Gasteiger partial charge in [0.05, 0.1) is 0 Å². The molecule has 0 aliphatic heterocycles. The average molecular weight is 216 g/mol. The number of rotatable bonds is 3. The fourth-order valence-electron chi connectivity index (χ4n) is 2.20. The van der Waals surface area contributed by atoms with Crippen LogP contribution in [-0.4, -0.2) is 11.0 Å². The molecule has 1 aromatic heterocycles. The Bertz CT molecular complexity index is 480. The molecule has 2 aromatic rings. The second kappa shape index (κ2) is 4.30. The van der Waals surface area contributed by atoms with Crippen molar-refractivity contribution in [2.24, 2.45) is 5.73 Å². The molecule has 0 amide bonds. The van der Waals surface area contributed by atoms with Gasteiger partial charge in [0, 0.05) is 29.1 Å². The number of aromatic nitrogens is 1. The molecule has 0 fully saturated rings. The largest absolute Gasteiger partial charge is 0.358 e. The summed E-state index contributed by atoms with van der Waals surface area (Å²) in [5.74, 6) is 0.558. The molecule has 3 N–H and O–H groups in total. The summed E-state index contributed by atoms with van der Waals surface area (Å²) in [6.07, 6.45) is 0.909. The van der Waals surface area contributed by atoms with Gasteiger partial charge in [-0.15, -0.1) is 0 Å². The Kier molecular flexibility index (Phi) is 3.01. The van der Waals surface area contributed by atoms with E-state index in [1.807, 2.05) is 6.92 Å². The maximum absolute atomic E-state index is 5.82. The first-order valence-electron chi connectivity index (χ1n) is 5.94. The van der Waals surface area contributed by atoms with Gasteiger partial charge in [0.2, 0.25) is 0 Å². The fraction of sp³-hybridized carbons (Fsp3) is 0.429. The highest BCUT2D eigenvalue weighted by molar-refractivity contribution is 5.84. The van der Waals surface area contributed by atoms with E-state index in [9.17, 15) is 0 Å². The molecule has 16 heavy (non-hydrogen) atoms. The topological polar surface area (TPSA) is 41.8 Å². The van der Waals surface area contributed by atoms with Crippen molar-refractivity contribution >= 4 is 10.9 Å². The Morgan fingerprint density at radius 2 is 2.00 bits per heavy atom. The van der Waals surface area contributed by atoms with Crippen LogP contribution in [-0.2, 0) is 6.42 Å². The molecule has 0 bridgehead atoms. The van der Waals surface area contributed by atoms with Crippen LogP contribution in [0.15, 0.2) is 24.3 Å². The predicted octanol–water partition coefficient (Wildman–Crippen LogP) is 3.18. The van der Waals surface area contributed by atoms with Crippen molar-refractivity contribution in [2.75, 3.05) is 0 Å². The summed E-state index contributed by atoms with van der Waals surface area (Å²) in [6, 6.07) is 8.90. The summed E-state index contributed by atoms with van der Waals surface area (Å²) in [5.41, 5.74) is 9.69. The van der Waals surface area contributed by atoms with Crippen molar-refractivity contribution in [3.05, 3.63) is 35.5 Å². The van der Waals surface area contributed by atoms with Crippen LogP contribution in [0.3, 0.4) is 0 Å². The maximum Gasteiger partial charge on any atom is 0.0458 e. The zero-order chi connectivity index (χ0) is 11.7. The van der Waals surface area contributed by atoms with E-state index in [1.165, 1.54) is 22.2 Å². The van der Waals surface area contributed by atoms with E-state index in [2.05, 4.69) is 43.1 Å². The Morgan fingerprint density at radius 1 is 1.25 bits per heavy atom. The second-order valence-corrected chi connectivity index (χ2v) is 4.94. The predicted molar refractivity (Wildman–Crippen MR) is 69.7 cm³/mol. The number of fused-ring (bicyclic) bond motifs is 1. The lowest BCUT2D eigenvalue weighted by Gasteiger charge is -2.05. The Labute approximate surface area is 96.9 Å². The van der Waals surface area contributed by atoms with E-state index in [1.54, 1.807) is 0 Å². The summed E-state index contributed by atoms with van der Waals surface area (Å²) in [4.78, 5) is 3.44. The lowest BCUT2D eigenvalue weighted by atomic mass is 9.99.